The summed E-state index contributed by atoms with van der Waals surface area (Å²) < 4.78 is 1.03. The number of carbonyl (C=O) groups is 1. The molecule has 2 nitrogen and oxygen atoms in total. The van der Waals surface area contributed by atoms with Gasteiger partial charge in [0.25, 0.3) is 0 Å². The van der Waals surface area contributed by atoms with Crippen LogP contribution in [0.1, 0.15) is 24.1 Å². The predicted octanol–water partition coefficient (Wildman–Crippen LogP) is 3.32. The number of hydrogen-bond donors (Lipinski definition) is 0. The van der Waals surface area contributed by atoms with Gasteiger partial charge in [0.1, 0.15) is 5.41 Å². The van der Waals surface area contributed by atoms with Crippen LogP contribution in [0.25, 0.3) is 0 Å². The summed E-state index contributed by atoms with van der Waals surface area (Å²) in [6, 6.07) is 4.22. The number of carbonyl (C=O) groups excluding carboxylic acids is 1. The van der Waals surface area contributed by atoms with Gasteiger partial charge < -0.3 is 0 Å². The third-order valence-electron chi connectivity index (χ3n) is 2.85. The van der Waals surface area contributed by atoms with Gasteiger partial charge in [-0.2, -0.15) is 5.26 Å². The van der Waals surface area contributed by atoms with Crippen LogP contribution in [0.2, 0.25) is 0 Å². The van der Waals surface area contributed by atoms with E-state index in [9.17, 15) is 10.1 Å². The Labute approximate surface area is 101 Å². The molecule has 78 valence electrons. The lowest BCUT2D eigenvalue weighted by molar-refractivity contribution is -0.123. The molecule has 1 aliphatic carbocycles. The van der Waals surface area contributed by atoms with Crippen LogP contribution in [-0.4, -0.2) is 5.78 Å². The van der Waals surface area contributed by atoms with Gasteiger partial charge in [0.15, 0.2) is 5.78 Å². The number of thiophene rings is 1. The maximum absolute atomic E-state index is 11.7. The van der Waals surface area contributed by atoms with Gasteiger partial charge in [-0.15, -0.1) is 11.3 Å². The van der Waals surface area contributed by atoms with Crippen molar-refractivity contribution in [3.8, 4) is 6.07 Å². The minimum atomic E-state index is -0.732. The first-order valence-corrected chi connectivity index (χ1v) is 6.51. The molecule has 4 heteroatoms. The van der Waals surface area contributed by atoms with E-state index in [1.54, 1.807) is 11.3 Å². The number of nitrogens with zero attached hydrogens (tertiary/aromatic N) is 1. The summed E-state index contributed by atoms with van der Waals surface area (Å²) in [7, 11) is 0. The summed E-state index contributed by atoms with van der Waals surface area (Å²) in [6.45, 7) is 0. The molecule has 1 aromatic rings. The predicted molar refractivity (Wildman–Crippen MR) is 62.6 cm³/mol. The fraction of sp³-hybridized carbons (Fsp3) is 0.455. The summed E-state index contributed by atoms with van der Waals surface area (Å²) in [6.07, 6.45) is 2.73. The van der Waals surface area contributed by atoms with Crippen molar-refractivity contribution >= 4 is 33.0 Å². The van der Waals surface area contributed by atoms with Gasteiger partial charge in [0, 0.05) is 27.6 Å². The molecule has 0 N–H and O–H groups in total. The van der Waals surface area contributed by atoms with Gasteiger partial charge in [0.2, 0.25) is 0 Å². The molecule has 0 amide bonds. The zero-order valence-electron chi connectivity index (χ0n) is 8.12. The van der Waals surface area contributed by atoms with Gasteiger partial charge >= 0.3 is 0 Å². The van der Waals surface area contributed by atoms with Crippen molar-refractivity contribution in [2.75, 3.05) is 0 Å². The summed E-state index contributed by atoms with van der Waals surface area (Å²) in [4.78, 5) is 12.8. The third kappa shape index (κ3) is 1.99. The normalized spacial score (nSPS) is 25.5. The van der Waals surface area contributed by atoms with Gasteiger partial charge in [-0.3, -0.25) is 4.79 Å². The van der Waals surface area contributed by atoms with Crippen molar-refractivity contribution in [1.29, 1.82) is 5.26 Å². The number of rotatable bonds is 2. The first-order chi connectivity index (χ1) is 7.16. The van der Waals surface area contributed by atoms with E-state index in [0.717, 1.165) is 22.2 Å². The Balaban J connectivity index is 2.23. The highest BCUT2D eigenvalue weighted by Crippen LogP contribution is 2.39. The van der Waals surface area contributed by atoms with Crippen LogP contribution in [0, 0.1) is 16.7 Å². The largest absolute Gasteiger partial charge is 0.298 e. The van der Waals surface area contributed by atoms with Crippen LogP contribution in [-0.2, 0) is 11.2 Å². The molecule has 1 aromatic heterocycles. The molecule has 15 heavy (non-hydrogen) atoms. The molecule has 0 spiro atoms. The lowest BCUT2D eigenvalue weighted by Gasteiger charge is -2.16. The number of hydrogen-bond acceptors (Lipinski definition) is 3. The fourth-order valence-corrected chi connectivity index (χ4v) is 3.58. The first kappa shape index (κ1) is 10.8. The van der Waals surface area contributed by atoms with E-state index in [-0.39, 0.29) is 5.78 Å². The zero-order valence-corrected chi connectivity index (χ0v) is 10.5. The lowest BCUT2D eigenvalue weighted by Crippen LogP contribution is -2.25. The average molecular weight is 284 g/mol. The molecule has 1 fully saturated rings. The molecule has 1 unspecified atom stereocenters. The maximum Gasteiger partial charge on any atom is 0.153 e. The smallest absolute Gasteiger partial charge is 0.153 e. The highest BCUT2D eigenvalue weighted by atomic mass is 79.9. The summed E-state index contributed by atoms with van der Waals surface area (Å²) in [5.41, 5.74) is -0.732. The van der Waals surface area contributed by atoms with Crippen LogP contribution >= 0.6 is 27.3 Å². The van der Waals surface area contributed by atoms with Crippen molar-refractivity contribution in [1.82, 2.24) is 0 Å². The highest BCUT2D eigenvalue weighted by Gasteiger charge is 2.42. The van der Waals surface area contributed by atoms with Crippen LogP contribution < -0.4 is 0 Å². The number of ketones is 1. The van der Waals surface area contributed by atoms with E-state index in [4.69, 9.17) is 0 Å². The van der Waals surface area contributed by atoms with Crippen molar-refractivity contribution < 1.29 is 4.79 Å². The van der Waals surface area contributed by atoms with Crippen molar-refractivity contribution in [2.45, 2.75) is 25.7 Å². The molecular weight excluding hydrogens is 274 g/mol. The summed E-state index contributed by atoms with van der Waals surface area (Å²) >= 11 is 4.98. The average Bonchev–Trinajstić information content (AvgIpc) is 2.76. The van der Waals surface area contributed by atoms with E-state index in [2.05, 4.69) is 22.0 Å². The summed E-state index contributed by atoms with van der Waals surface area (Å²) in [5.74, 6) is 0.120. The molecule has 2 rings (SSSR count). The number of nitriles is 1. The topological polar surface area (TPSA) is 40.9 Å². The second kappa shape index (κ2) is 4.07. The van der Waals surface area contributed by atoms with E-state index < -0.39 is 5.41 Å². The lowest BCUT2D eigenvalue weighted by atomic mass is 9.83. The van der Waals surface area contributed by atoms with Crippen LogP contribution in [0.3, 0.4) is 0 Å². The Hall–Kier alpha value is -0.660. The second-order valence-electron chi connectivity index (χ2n) is 3.88. The molecule has 1 heterocycles. The standard InChI is InChI=1S/C11H10BrNOS/c12-8-4-9(15-6-8)5-11(7-13)3-1-2-10(11)14/h4,6H,1-3,5H2. The minimum absolute atomic E-state index is 0.120. The zero-order chi connectivity index (χ0) is 10.9. The summed E-state index contributed by atoms with van der Waals surface area (Å²) in [5, 5.41) is 11.2. The van der Waals surface area contributed by atoms with E-state index >= 15 is 0 Å². The molecule has 0 aromatic carbocycles. The minimum Gasteiger partial charge on any atom is -0.298 e. The molecule has 1 atom stereocenters. The van der Waals surface area contributed by atoms with E-state index in [1.807, 2.05) is 11.4 Å². The first-order valence-electron chi connectivity index (χ1n) is 4.84. The Morgan fingerprint density at radius 2 is 2.47 bits per heavy atom. The van der Waals surface area contributed by atoms with Crippen molar-refractivity contribution in [3.63, 3.8) is 0 Å². The van der Waals surface area contributed by atoms with Gasteiger partial charge in [-0.05, 0) is 34.8 Å². The van der Waals surface area contributed by atoms with Crippen LogP contribution in [0.5, 0.6) is 0 Å². The van der Waals surface area contributed by atoms with Crippen LogP contribution in [0.4, 0.5) is 0 Å². The third-order valence-corrected chi connectivity index (χ3v) is 4.55. The van der Waals surface area contributed by atoms with Gasteiger partial charge in [-0.1, -0.05) is 0 Å². The number of Topliss-reactive ketones (excluding diaryl/α,β-unsaturated/α-hetero) is 1. The molecule has 0 aliphatic heterocycles. The Bertz CT molecular complexity index is 434. The van der Waals surface area contributed by atoms with E-state index in [1.165, 1.54) is 0 Å². The number of halogens is 1. The molecule has 0 radical (unpaired) electrons. The fourth-order valence-electron chi connectivity index (χ4n) is 2.02. The van der Waals surface area contributed by atoms with E-state index in [0.29, 0.717) is 12.8 Å². The molecule has 0 bridgehead atoms. The van der Waals surface area contributed by atoms with Gasteiger partial charge in [0.05, 0.1) is 6.07 Å². The molecular formula is C11H10BrNOS. The monoisotopic (exact) mass is 283 g/mol. The quantitative estimate of drug-likeness (QED) is 0.836. The molecule has 0 saturated heterocycles. The molecule has 1 saturated carbocycles. The Morgan fingerprint density at radius 3 is 2.93 bits per heavy atom. The molecule has 1 aliphatic rings. The van der Waals surface area contributed by atoms with Gasteiger partial charge in [-0.25, -0.2) is 0 Å². The van der Waals surface area contributed by atoms with Crippen molar-refractivity contribution in [3.05, 3.63) is 20.8 Å². The highest BCUT2D eigenvalue weighted by molar-refractivity contribution is 9.10. The van der Waals surface area contributed by atoms with Crippen molar-refractivity contribution in [2.24, 2.45) is 5.41 Å². The maximum atomic E-state index is 11.7. The SMILES string of the molecule is N#CC1(Cc2cc(Br)cs2)CCCC1=O. The Morgan fingerprint density at radius 1 is 1.67 bits per heavy atom. The Kier molecular flexibility index (Phi) is 2.94. The second-order valence-corrected chi connectivity index (χ2v) is 5.79. The van der Waals surface area contributed by atoms with Crippen LogP contribution in [0.15, 0.2) is 15.9 Å².